The third-order valence-electron chi connectivity index (χ3n) is 2.78. The minimum Gasteiger partial charge on any atom is -0.477 e. The Morgan fingerprint density at radius 3 is 2.90 bits per heavy atom. The van der Waals surface area contributed by atoms with Gasteiger partial charge in [-0.25, -0.2) is 4.79 Å². The maximum absolute atomic E-state index is 12.0. The lowest BCUT2D eigenvalue weighted by Crippen LogP contribution is -2.56. The van der Waals surface area contributed by atoms with Crippen LogP contribution in [0.2, 0.25) is 0 Å². The van der Waals surface area contributed by atoms with E-state index in [0.717, 1.165) is 0 Å². The molecule has 0 spiro atoms. The van der Waals surface area contributed by atoms with Gasteiger partial charge in [0.25, 0.3) is 5.91 Å². The van der Waals surface area contributed by atoms with E-state index in [1.54, 1.807) is 0 Å². The summed E-state index contributed by atoms with van der Waals surface area (Å²) in [5, 5.41) is 8.94. The first kappa shape index (κ1) is 14.9. The number of carboxylic acids is 1. The number of fused-ring (bicyclic) bond motifs is 1. The van der Waals surface area contributed by atoms with Crippen LogP contribution in [-0.4, -0.2) is 45.6 Å². The van der Waals surface area contributed by atoms with Crippen molar-refractivity contribution in [2.24, 2.45) is 0 Å². The molecule has 1 saturated heterocycles. The highest BCUT2D eigenvalue weighted by atomic mass is 79.9. The average molecular weight is 360 g/mol. The second-order valence-electron chi connectivity index (χ2n) is 4.04. The molecule has 0 aliphatic carbocycles. The first-order chi connectivity index (χ1) is 9.47. The summed E-state index contributed by atoms with van der Waals surface area (Å²) in [6.07, 6.45) is 0. The van der Waals surface area contributed by atoms with Gasteiger partial charge in [-0.05, 0) is 0 Å². The number of carbonyl (C=O) groups excluding carboxylic acids is 2. The van der Waals surface area contributed by atoms with Crippen LogP contribution in [0.1, 0.15) is 6.92 Å². The number of thioether (sulfide) groups is 1. The number of carbonyl (C=O) groups is 3. The van der Waals surface area contributed by atoms with Gasteiger partial charge >= 0.3 is 11.9 Å². The quantitative estimate of drug-likeness (QED) is 0.353. The van der Waals surface area contributed by atoms with Crippen LogP contribution in [0.4, 0.5) is 0 Å². The summed E-state index contributed by atoms with van der Waals surface area (Å²) in [5.41, 5.74) is 3.50. The van der Waals surface area contributed by atoms with E-state index in [1.165, 1.54) is 28.6 Å². The summed E-state index contributed by atoms with van der Waals surface area (Å²) in [6.45, 7) is 1.13. The molecule has 2 aliphatic heterocycles. The SMILES string of the molecule is CC(=O)OCC1=C(C(=O)O)N2C(=O)C(=C=CBr)[C@H]2SC1. The minimum atomic E-state index is -1.20. The van der Waals surface area contributed by atoms with Crippen molar-refractivity contribution in [1.29, 1.82) is 0 Å². The van der Waals surface area contributed by atoms with Crippen LogP contribution in [0.15, 0.2) is 27.6 Å². The predicted octanol–water partition coefficient (Wildman–Crippen LogP) is 1.24. The fourth-order valence-electron chi connectivity index (χ4n) is 1.94. The molecule has 6 nitrogen and oxygen atoms in total. The normalized spacial score (nSPS) is 20.9. The maximum Gasteiger partial charge on any atom is 0.352 e. The van der Waals surface area contributed by atoms with E-state index in [4.69, 9.17) is 4.74 Å². The lowest BCUT2D eigenvalue weighted by molar-refractivity contribution is -0.142. The standard InChI is InChI=1S/C12H10BrNO5S/c1-6(15)19-4-7-5-20-11-8(2-3-13)10(16)14(11)9(7)12(17)18/h3,11H,4-5H2,1H3,(H,17,18)/t2?,11-/m1/s1. The van der Waals surface area contributed by atoms with Gasteiger partial charge < -0.3 is 9.84 Å². The van der Waals surface area contributed by atoms with Gasteiger partial charge in [-0.1, -0.05) is 15.9 Å². The summed E-state index contributed by atoms with van der Waals surface area (Å²) >= 11 is 4.44. The summed E-state index contributed by atoms with van der Waals surface area (Å²) in [7, 11) is 0. The molecule has 0 unspecified atom stereocenters. The number of aliphatic carboxylic acids is 1. The summed E-state index contributed by atoms with van der Waals surface area (Å²) in [4.78, 5) is 36.8. The fraction of sp³-hybridized carbons (Fsp3) is 0.333. The van der Waals surface area contributed by atoms with E-state index in [9.17, 15) is 19.5 Å². The van der Waals surface area contributed by atoms with E-state index in [0.29, 0.717) is 16.9 Å². The van der Waals surface area contributed by atoms with Crippen LogP contribution in [0.25, 0.3) is 0 Å². The smallest absolute Gasteiger partial charge is 0.352 e. The van der Waals surface area contributed by atoms with Crippen molar-refractivity contribution >= 4 is 45.5 Å². The number of halogens is 1. The van der Waals surface area contributed by atoms with Gasteiger partial charge in [0.05, 0.1) is 5.57 Å². The van der Waals surface area contributed by atoms with Crippen molar-refractivity contribution in [2.75, 3.05) is 12.4 Å². The van der Waals surface area contributed by atoms with Crippen LogP contribution in [0, 0.1) is 0 Å². The van der Waals surface area contributed by atoms with Crippen LogP contribution < -0.4 is 0 Å². The fourth-order valence-corrected chi connectivity index (χ4v) is 3.46. The molecule has 2 aliphatic rings. The predicted molar refractivity (Wildman–Crippen MR) is 74.9 cm³/mol. The molecule has 0 aromatic heterocycles. The van der Waals surface area contributed by atoms with Gasteiger partial charge in [-0.2, -0.15) is 0 Å². The topological polar surface area (TPSA) is 83.9 Å². The molecule has 20 heavy (non-hydrogen) atoms. The second kappa shape index (κ2) is 5.87. The Morgan fingerprint density at radius 2 is 2.35 bits per heavy atom. The molecule has 0 aromatic carbocycles. The Kier molecular flexibility index (Phi) is 4.37. The van der Waals surface area contributed by atoms with Gasteiger partial charge in [0.2, 0.25) is 0 Å². The van der Waals surface area contributed by atoms with Crippen LogP contribution in [0.3, 0.4) is 0 Å². The molecule has 0 bridgehead atoms. The summed E-state index contributed by atoms with van der Waals surface area (Å²) in [5.74, 6) is -1.70. The van der Waals surface area contributed by atoms with Gasteiger partial charge in [0.1, 0.15) is 17.7 Å². The Labute approximate surface area is 127 Å². The number of amides is 1. The average Bonchev–Trinajstić information content (AvgIpc) is 2.40. The first-order valence-corrected chi connectivity index (χ1v) is 7.53. The second-order valence-corrected chi connectivity index (χ2v) is 5.57. The van der Waals surface area contributed by atoms with E-state index < -0.39 is 17.8 Å². The Balaban J connectivity index is 2.33. The Hall–Kier alpha value is -1.50. The van der Waals surface area contributed by atoms with Gasteiger partial charge in [0.15, 0.2) is 0 Å². The molecule has 2 rings (SSSR count). The molecule has 0 radical (unpaired) electrons. The highest BCUT2D eigenvalue weighted by Gasteiger charge is 2.49. The van der Waals surface area contributed by atoms with Crippen molar-refractivity contribution in [3.63, 3.8) is 0 Å². The molecule has 1 amide bonds. The Morgan fingerprint density at radius 1 is 1.65 bits per heavy atom. The lowest BCUT2D eigenvalue weighted by Gasteiger charge is -2.44. The highest BCUT2D eigenvalue weighted by molar-refractivity contribution is 9.11. The van der Waals surface area contributed by atoms with Crippen molar-refractivity contribution in [2.45, 2.75) is 12.3 Å². The van der Waals surface area contributed by atoms with Gasteiger partial charge in [-0.15, -0.1) is 17.5 Å². The zero-order chi connectivity index (χ0) is 14.9. The molecule has 2 heterocycles. The molecule has 0 saturated carbocycles. The number of nitrogens with zero attached hydrogens (tertiary/aromatic N) is 1. The van der Waals surface area contributed by atoms with Crippen LogP contribution in [-0.2, 0) is 19.1 Å². The van der Waals surface area contributed by atoms with E-state index in [1.807, 2.05) is 0 Å². The largest absolute Gasteiger partial charge is 0.477 e. The minimum absolute atomic E-state index is 0.0971. The first-order valence-electron chi connectivity index (χ1n) is 5.56. The number of carboxylic acid groups (broad SMARTS) is 1. The number of rotatable bonds is 3. The van der Waals surface area contributed by atoms with Crippen molar-refractivity contribution in [3.05, 3.63) is 27.6 Å². The third-order valence-corrected chi connectivity index (χ3v) is 4.29. The molecule has 106 valence electrons. The van der Waals surface area contributed by atoms with Crippen molar-refractivity contribution < 1.29 is 24.2 Å². The van der Waals surface area contributed by atoms with Crippen molar-refractivity contribution in [1.82, 2.24) is 4.90 Å². The van der Waals surface area contributed by atoms with Gasteiger partial charge in [0, 0.05) is 23.2 Å². The van der Waals surface area contributed by atoms with Crippen LogP contribution in [0.5, 0.6) is 0 Å². The van der Waals surface area contributed by atoms with E-state index in [2.05, 4.69) is 21.7 Å². The number of ether oxygens (including phenoxy) is 1. The zero-order valence-electron chi connectivity index (χ0n) is 10.4. The molecule has 1 atom stereocenters. The number of esters is 1. The molecular weight excluding hydrogens is 350 g/mol. The number of hydrogen-bond donors (Lipinski definition) is 1. The molecule has 8 heteroatoms. The zero-order valence-corrected chi connectivity index (χ0v) is 12.8. The molecule has 0 aromatic rings. The molecular formula is C12H10BrNO5S. The summed E-state index contributed by atoms with van der Waals surface area (Å²) < 4.78 is 4.83. The third kappa shape index (κ3) is 2.54. The lowest BCUT2D eigenvalue weighted by atomic mass is 10.0. The maximum atomic E-state index is 12.0. The Bertz CT molecular complexity index is 591. The van der Waals surface area contributed by atoms with E-state index in [-0.39, 0.29) is 17.7 Å². The molecule has 1 N–H and O–H groups in total. The number of hydrogen-bond acceptors (Lipinski definition) is 5. The van der Waals surface area contributed by atoms with Crippen LogP contribution >= 0.6 is 27.7 Å². The summed E-state index contributed by atoms with van der Waals surface area (Å²) in [6, 6.07) is 0. The van der Waals surface area contributed by atoms with Gasteiger partial charge in [-0.3, -0.25) is 14.5 Å². The van der Waals surface area contributed by atoms with E-state index >= 15 is 0 Å². The van der Waals surface area contributed by atoms with Crippen molar-refractivity contribution in [3.8, 4) is 0 Å². The molecule has 1 fully saturated rings. The number of β-lactam (4-membered cyclic amide) rings is 1. The monoisotopic (exact) mass is 359 g/mol. The highest BCUT2D eigenvalue weighted by Crippen LogP contribution is 2.43.